The second kappa shape index (κ2) is 8.35. The predicted molar refractivity (Wildman–Crippen MR) is 113 cm³/mol. The smallest absolute Gasteiger partial charge is 0.347 e. The Balaban J connectivity index is 1.17. The summed E-state index contributed by atoms with van der Waals surface area (Å²) in [5.74, 6) is -1.93. The minimum absolute atomic E-state index is 0.0613. The minimum atomic E-state index is -0.584. The van der Waals surface area contributed by atoms with Gasteiger partial charge in [-0.05, 0) is 55.2 Å². The normalized spacial score (nSPS) is 26.6. The maximum atomic E-state index is 12.6. The molecule has 1 saturated heterocycles. The van der Waals surface area contributed by atoms with Crippen LogP contribution in [-0.2, 0) is 19.1 Å². The van der Waals surface area contributed by atoms with E-state index in [1.165, 1.54) is 31.4 Å². The van der Waals surface area contributed by atoms with Crippen molar-refractivity contribution in [1.29, 1.82) is 0 Å². The van der Waals surface area contributed by atoms with Crippen molar-refractivity contribution in [3.05, 3.63) is 59.7 Å². The van der Waals surface area contributed by atoms with E-state index in [1.54, 1.807) is 24.3 Å². The van der Waals surface area contributed by atoms with Crippen molar-refractivity contribution in [1.82, 2.24) is 0 Å². The Hall–Kier alpha value is -3.68. The molecule has 0 aromatic heterocycles. The number of fused-ring (bicyclic) bond motifs is 1. The quantitative estimate of drug-likeness (QED) is 0.360. The fourth-order valence-electron chi connectivity index (χ4n) is 5.33. The average molecular weight is 450 g/mol. The highest BCUT2D eigenvalue weighted by molar-refractivity contribution is 5.98. The van der Waals surface area contributed by atoms with Crippen molar-refractivity contribution in [3.8, 4) is 11.5 Å². The highest BCUT2D eigenvalue weighted by Crippen LogP contribution is 2.57. The van der Waals surface area contributed by atoms with Crippen molar-refractivity contribution < 1.29 is 38.1 Å². The zero-order chi connectivity index (χ0) is 23.1. The highest BCUT2D eigenvalue weighted by Gasteiger charge is 2.64. The van der Waals surface area contributed by atoms with Crippen molar-refractivity contribution >= 4 is 23.7 Å². The van der Waals surface area contributed by atoms with Crippen LogP contribution in [0.4, 0.5) is 0 Å². The molecule has 5 atom stereocenters. The van der Waals surface area contributed by atoms with Gasteiger partial charge in [-0.2, -0.15) is 0 Å². The Morgan fingerprint density at radius 1 is 1.03 bits per heavy atom. The summed E-state index contributed by atoms with van der Waals surface area (Å²) < 4.78 is 21.1. The van der Waals surface area contributed by atoms with Gasteiger partial charge in [0, 0.05) is 11.5 Å². The van der Waals surface area contributed by atoms with Crippen LogP contribution in [0, 0.1) is 23.7 Å². The van der Waals surface area contributed by atoms with E-state index in [-0.39, 0.29) is 41.0 Å². The Labute approximate surface area is 189 Å². The third-order valence-electron chi connectivity index (χ3n) is 6.81. The van der Waals surface area contributed by atoms with E-state index in [0.29, 0.717) is 17.7 Å². The first kappa shape index (κ1) is 21.2. The molecule has 170 valence electrons. The lowest BCUT2D eigenvalue weighted by Gasteiger charge is -2.22. The molecule has 8 nitrogen and oxygen atoms in total. The first-order valence-corrected chi connectivity index (χ1v) is 10.8. The Kier molecular flexibility index (Phi) is 5.36. The van der Waals surface area contributed by atoms with E-state index in [4.69, 9.17) is 18.9 Å². The Bertz CT molecular complexity index is 1120. The van der Waals surface area contributed by atoms with Gasteiger partial charge in [0.25, 0.3) is 0 Å². The zero-order valence-electron chi connectivity index (χ0n) is 17.9. The first-order valence-electron chi connectivity index (χ1n) is 10.8. The summed E-state index contributed by atoms with van der Waals surface area (Å²) in [5.41, 5.74) is 0.596. The van der Waals surface area contributed by atoms with E-state index in [0.717, 1.165) is 6.42 Å². The first-order chi connectivity index (χ1) is 16.0. The second-order valence-electron chi connectivity index (χ2n) is 8.57. The van der Waals surface area contributed by atoms with Crippen LogP contribution in [0.15, 0.2) is 48.5 Å². The number of Topliss-reactive ketones (excluding diaryl/α,β-unsaturated/α-hetero) is 1. The molecule has 0 radical (unpaired) electrons. The third kappa shape index (κ3) is 3.75. The Morgan fingerprint density at radius 3 is 2.55 bits per heavy atom. The monoisotopic (exact) mass is 450 g/mol. The van der Waals surface area contributed by atoms with Gasteiger partial charge in [-0.15, -0.1) is 0 Å². The van der Waals surface area contributed by atoms with E-state index >= 15 is 0 Å². The molecule has 1 heterocycles. The SMILES string of the molecule is COc1ccccc1C(=O)Oc1ccc(C(=O)COC(=O)[C@@H]2[C@@H]3C[C@@H]4[C@H]2C(=O)O[C@H]4C3)cc1. The molecular weight excluding hydrogens is 428 g/mol. The van der Waals surface area contributed by atoms with Crippen LogP contribution < -0.4 is 9.47 Å². The predicted octanol–water partition coefficient (Wildman–Crippen LogP) is 2.84. The molecule has 0 spiro atoms. The number of rotatable bonds is 7. The van der Waals surface area contributed by atoms with Crippen LogP contribution in [0.3, 0.4) is 0 Å². The summed E-state index contributed by atoms with van der Waals surface area (Å²) in [5, 5.41) is 0. The molecule has 8 heteroatoms. The fourth-order valence-corrected chi connectivity index (χ4v) is 5.33. The molecule has 3 aliphatic rings. The van der Waals surface area contributed by atoms with Crippen molar-refractivity contribution in [2.45, 2.75) is 18.9 Å². The standard InChI is InChI=1S/C25H22O8/c1-30-19-5-3-2-4-16(19)23(27)32-15-8-6-13(7-9-15)18(26)12-31-24(28)21-14-10-17-20(11-14)33-25(29)22(17)21/h2-9,14,17,20-22H,10-12H2,1H3/t14-,17+,20+,21-,22-/m1/s1. The number of esters is 3. The number of carbonyl (C=O) groups excluding carboxylic acids is 4. The third-order valence-corrected chi connectivity index (χ3v) is 6.81. The molecule has 33 heavy (non-hydrogen) atoms. The molecule has 1 aliphatic heterocycles. The average Bonchev–Trinajstić information content (AvgIpc) is 3.46. The Morgan fingerprint density at radius 2 is 1.79 bits per heavy atom. The number of methoxy groups -OCH3 is 1. The molecule has 0 amide bonds. The summed E-state index contributed by atoms with van der Waals surface area (Å²) in [7, 11) is 1.46. The number of carbonyl (C=O) groups is 4. The van der Waals surface area contributed by atoms with Gasteiger partial charge in [-0.3, -0.25) is 14.4 Å². The van der Waals surface area contributed by atoms with Gasteiger partial charge in [-0.25, -0.2) is 4.79 Å². The van der Waals surface area contributed by atoms with Gasteiger partial charge < -0.3 is 18.9 Å². The molecule has 2 aromatic rings. The lowest BCUT2D eigenvalue weighted by molar-refractivity contribution is -0.154. The van der Waals surface area contributed by atoms with Gasteiger partial charge in [-0.1, -0.05) is 12.1 Å². The summed E-state index contributed by atoms with van der Waals surface area (Å²) >= 11 is 0. The topological polar surface area (TPSA) is 105 Å². The molecule has 0 N–H and O–H groups in total. The molecule has 0 unspecified atom stereocenters. The van der Waals surface area contributed by atoms with Crippen LogP contribution in [0.2, 0.25) is 0 Å². The van der Waals surface area contributed by atoms with Crippen LogP contribution in [-0.4, -0.2) is 43.5 Å². The van der Waals surface area contributed by atoms with Crippen LogP contribution in [0.5, 0.6) is 11.5 Å². The van der Waals surface area contributed by atoms with E-state index in [2.05, 4.69) is 0 Å². The van der Waals surface area contributed by atoms with E-state index < -0.39 is 30.4 Å². The molecular formula is C25H22O8. The summed E-state index contributed by atoms with van der Waals surface area (Å²) in [6.07, 6.45) is 1.42. The molecule has 2 aliphatic carbocycles. The number of benzene rings is 2. The van der Waals surface area contributed by atoms with E-state index in [1.807, 2.05) is 0 Å². The van der Waals surface area contributed by atoms with Gasteiger partial charge in [0.05, 0.1) is 18.9 Å². The van der Waals surface area contributed by atoms with Crippen molar-refractivity contribution in [2.75, 3.05) is 13.7 Å². The lowest BCUT2D eigenvalue weighted by atomic mass is 9.80. The zero-order valence-corrected chi connectivity index (χ0v) is 17.9. The minimum Gasteiger partial charge on any atom is -0.496 e. The maximum Gasteiger partial charge on any atom is 0.347 e. The lowest BCUT2D eigenvalue weighted by Crippen LogP contribution is -2.34. The van der Waals surface area contributed by atoms with Crippen LogP contribution in [0.1, 0.15) is 33.6 Å². The van der Waals surface area contributed by atoms with Crippen LogP contribution in [0.25, 0.3) is 0 Å². The fraction of sp³-hybridized carbons (Fsp3) is 0.360. The van der Waals surface area contributed by atoms with E-state index in [9.17, 15) is 19.2 Å². The number of ketones is 1. The van der Waals surface area contributed by atoms with Crippen molar-refractivity contribution in [3.63, 3.8) is 0 Å². The summed E-state index contributed by atoms with van der Waals surface area (Å²) in [6.45, 7) is -0.418. The van der Waals surface area contributed by atoms with Gasteiger partial charge >= 0.3 is 17.9 Å². The molecule has 2 bridgehead atoms. The summed E-state index contributed by atoms with van der Waals surface area (Å²) in [4.78, 5) is 49.6. The van der Waals surface area contributed by atoms with Gasteiger partial charge in [0.1, 0.15) is 23.2 Å². The molecule has 3 fully saturated rings. The van der Waals surface area contributed by atoms with Crippen molar-refractivity contribution in [2.24, 2.45) is 23.7 Å². The highest BCUT2D eigenvalue weighted by atomic mass is 16.6. The number of para-hydroxylation sites is 1. The molecule has 2 saturated carbocycles. The number of hydrogen-bond donors (Lipinski definition) is 0. The maximum absolute atomic E-state index is 12.6. The largest absolute Gasteiger partial charge is 0.496 e. The molecule has 2 aromatic carbocycles. The van der Waals surface area contributed by atoms with Gasteiger partial charge in [0.2, 0.25) is 0 Å². The summed E-state index contributed by atoms with van der Waals surface area (Å²) in [6, 6.07) is 12.7. The van der Waals surface area contributed by atoms with Crippen LogP contribution >= 0.6 is 0 Å². The molecule has 5 rings (SSSR count). The number of ether oxygens (including phenoxy) is 4. The van der Waals surface area contributed by atoms with Gasteiger partial charge in [0.15, 0.2) is 12.4 Å². The second-order valence-corrected chi connectivity index (χ2v) is 8.57. The number of hydrogen-bond acceptors (Lipinski definition) is 8.